The molecule has 1 N–H and O–H groups in total. The molecule has 0 saturated heterocycles. The third-order valence-corrected chi connectivity index (χ3v) is 5.10. The Morgan fingerprint density at radius 1 is 1.18 bits per heavy atom. The van der Waals surface area contributed by atoms with E-state index in [2.05, 4.69) is 20.4 Å². The van der Waals surface area contributed by atoms with Crippen LogP contribution in [0.15, 0.2) is 60.0 Å². The molecule has 28 heavy (non-hydrogen) atoms. The summed E-state index contributed by atoms with van der Waals surface area (Å²) in [5, 5.41) is 7.66. The fourth-order valence-corrected chi connectivity index (χ4v) is 3.52. The monoisotopic (exact) mass is 392 g/mol. The summed E-state index contributed by atoms with van der Waals surface area (Å²) in [7, 11) is 1.76. The van der Waals surface area contributed by atoms with Crippen molar-refractivity contribution in [1.82, 2.24) is 24.3 Å². The Balaban J connectivity index is 1.61. The van der Waals surface area contributed by atoms with E-state index in [1.165, 1.54) is 34.2 Å². The number of pyridine rings is 2. The molecular formula is C19H16N6O2S. The van der Waals surface area contributed by atoms with Crippen molar-refractivity contribution in [1.29, 1.82) is 0 Å². The van der Waals surface area contributed by atoms with Crippen LogP contribution in [-0.4, -0.2) is 30.2 Å². The molecule has 140 valence electrons. The van der Waals surface area contributed by atoms with Crippen molar-refractivity contribution in [2.45, 2.75) is 6.92 Å². The van der Waals surface area contributed by atoms with Crippen molar-refractivity contribution in [3.05, 3.63) is 76.0 Å². The minimum Gasteiger partial charge on any atom is -0.306 e. The number of aromatic nitrogens is 5. The quantitative estimate of drug-likeness (QED) is 0.576. The molecule has 0 aliphatic rings. The molecule has 8 nitrogen and oxygen atoms in total. The second kappa shape index (κ2) is 7.20. The average molecular weight is 392 g/mol. The first-order chi connectivity index (χ1) is 13.5. The molecule has 0 atom stereocenters. The molecule has 0 saturated carbocycles. The zero-order valence-electron chi connectivity index (χ0n) is 15.2. The topological polar surface area (TPSA) is 94.7 Å². The normalized spacial score (nSPS) is 10.8. The van der Waals surface area contributed by atoms with Crippen LogP contribution < -0.4 is 10.9 Å². The summed E-state index contributed by atoms with van der Waals surface area (Å²) in [4.78, 5) is 34.4. The second-order valence-electron chi connectivity index (χ2n) is 6.12. The van der Waals surface area contributed by atoms with E-state index in [4.69, 9.17) is 0 Å². The first kappa shape index (κ1) is 17.8. The number of hydrogen-bond donors (Lipinski definition) is 1. The Bertz CT molecular complexity index is 1210. The summed E-state index contributed by atoms with van der Waals surface area (Å²) in [6, 6.07) is 6.61. The SMILES string of the molecule is Cc1sc(-c2cccnc2)nc1NC(=O)c1ccc(=O)n(-c2cnn(C)c2)c1. The molecule has 0 bridgehead atoms. The van der Waals surface area contributed by atoms with Gasteiger partial charge in [0.1, 0.15) is 10.8 Å². The Morgan fingerprint density at radius 2 is 2.04 bits per heavy atom. The molecule has 4 rings (SSSR count). The molecule has 4 aromatic rings. The van der Waals surface area contributed by atoms with E-state index in [0.29, 0.717) is 17.1 Å². The largest absolute Gasteiger partial charge is 0.306 e. The van der Waals surface area contributed by atoms with Crippen molar-refractivity contribution >= 4 is 23.1 Å². The van der Waals surface area contributed by atoms with Gasteiger partial charge in [-0.2, -0.15) is 5.10 Å². The average Bonchev–Trinajstić information content (AvgIpc) is 3.29. The van der Waals surface area contributed by atoms with Crippen molar-refractivity contribution in [2.24, 2.45) is 7.05 Å². The van der Waals surface area contributed by atoms with Gasteiger partial charge in [-0.15, -0.1) is 11.3 Å². The molecule has 0 fully saturated rings. The first-order valence-electron chi connectivity index (χ1n) is 8.42. The number of thiazole rings is 1. The number of amides is 1. The van der Waals surface area contributed by atoms with E-state index < -0.39 is 0 Å². The summed E-state index contributed by atoms with van der Waals surface area (Å²) >= 11 is 1.48. The first-order valence-corrected chi connectivity index (χ1v) is 9.24. The van der Waals surface area contributed by atoms with E-state index in [9.17, 15) is 9.59 Å². The Kier molecular flexibility index (Phi) is 4.58. The lowest BCUT2D eigenvalue weighted by Gasteiger charge is -2.06. The molecule has 0 aliphatic heterocycles. The van der Waals surface area contributed by atoms with Gasteiger partial charge >= 0.3 is 0 Å². The predicted molar refractivity (Wildman–Crippen MR) is 107 cm³/mol. The van der Waals surface area contributed by atoms with Crippen LogP contribution in [0.4, 0.5) is 5.82 Å². The molecule has 4 heterocycles. The van der Waals surface area contributed by atoms with Gasteiger partial charge in [-0.3, -0.25) is 23.8 Å². The van der Waals surface area contributed by atoms with Gasteiger partial charge in [0, 0.05) is 48.3 Å². The lowest BCUT2D eigenvalue weighted by molar-refractivity contribution is 0.102. The van der Waals surface area contributed by atoms with Crippen LogP contribution in [0, 0.1) is 6.92 Å². The fourth-order valence-electron chi connectivity index (χ4n) is 2.66. The fraction of sp³-hybridized carbons (Fsp3) is 0.105. The molecule has 1 amide bonds. The van der Waals surface area contributed by atoms with Gasteiger partial charge in [0.25, 0.3) is 11.5 Å². The third kappa shape index (κ3) is 3.47. The zero-order valence-corrected chi connectivity index (χ0v) is 16.0. The van der Waals surface area contributed by atoms with E-state index in [-0.39, 0.29) is 11.5 Å². The van der Waals surface area contributed by atoms with Crippen LogP contribution in [0.3, 0.4) is 0 Å². The highest BCUT2D eigenvalue weighted by Crippen LogP contribution is 2.30. The van der Waals surface area contributed by atoms with Crippen LogP contribution >= 0.6 is 11.3 Å². The molecule has 9 heteroatoms. The standard InChI is InChI=1S/C19H16N6O2S/c1-12-17(23-19(28-12)13-4-3-7-20-8-13)22-18(27)14-5-6-16(26)25(10-14)15-9-21-24(2)11-15/h3-11H,1-2H3,(H,22,27). The maximum Gasteiger partial charge on any atom is 0.258 e. The van der Waals surface area contributed by atoms with Crippen LogP contribution in [-0.2, 0) is 7.05 Å². The van der Waals surface area contributed by atoms with Gasteiger partial charge in [0.2, 0.25) is 0 Å². The van der Waals surface area contributed by atoms with E-state index in [1.807, 2.05) is 19.1 Å². The highest BCUT2D eigenvalue weighted by molar-refractivity contribution is 7.15. The molecule has 4 aromatic heterocycles. The van der Waals surface area contributed by atoms with Crippen LogP contribution in [0.25, 0.3) is 16.3 Å². The maximum atomic E-state index is 12.7. The summed E-state index contributed by atoms with van der Waals surface area (Å²) in [5.74, 6) is 0.150. The number of anilines is 1. The zero-order chi connectivity index (χ0) is 19.7. The van der Waals surface area contributed by atoms with Gasteiger partial charge in [-0.1, -0.05) is 0 Å². The predicted octanol–water partition coefficient (Wildman–Crippen LogP) is 2.65. The van der Waals surface area contributed by atoms with Gasteiger partial charge in [0.15, 0.2) is 0 Å². The molecule has 0 radical (unpaired) electrons. The Hall–Kier alpha value is -3.59. The van der Waals surface area contributed by atoms with Crippen LogP contribution in [0.2, 0.25) is 0 Å². The highest BCUT2D eigenvalue weighted by atomic mass is 32.1. The van der Waals surface area contributed by atoms with Crippen molar-refractivity contribution in [2.75, 3.05) is 5.32 Å². The molecule has 0 aromatic carbocycles. The van der Waals surface area contributed by atoms with Crippen LogP contribution in [0.1, 0.15) is 15.2 Å². The number of nitrogens with zero attached hydrogens (tertiary/aromatic N) is 5. The summed E-state index contributed by atoms with van der Waals surface area (Å²) in [6.45, 7) is 1.89. The highest BCUT2D eigenvalue weighted by Gasteiger charge is 2.15. The van der Waals surface area contributed by atoms with Gasteiger partial charge < -0.3 is 5.32 Å². The van der Waals surface area contributed by atoms with Crippen molar-refractivity contribution in [3.8, 4) is 16.3 Å². The van der Waals surface area contributed by atoms with Gasteiger partial charge in [-0.25, -0.2) is 4.98 Å². The van der Waals surface area contributed by atoms with E-state index >= 15 is 0 Å². The third-order valence-electron chi connectivity index (χ3n) is 4.08. The van der Waals surface area contributed by atoms with Crippen LogP contribution in [0.5, 0.6) is 0 Å². The number of nitrogens with one attached hydrogen (secondary N) is 1. The van der Waals surface area contributed by atoms with Crippen molar-refractivity contribution in [3.63, 3.8) is 0 Å². The summed E-state index contributed by atoms with van der Waals surface area (Å²) < 4.78 is 2.98. The van der Waals surface area contributed by atoms with E-state index in [1.54, 1.807) is 36.5 Å². The Morgan fingerprint density at radius 3 is 2.75 bits per heavy atom. The molecule has 0 unspecified atom stereocenters. The number of rotatable bonds is 4. The summed E-state index contributed by atoms with van der Waals surface area (Å²) in [5.41, 5.74) is 1.58. The van der Waals surface area contributed by atoms with Gasteiger partial charge in [0.05, 0.1) is 17.4 Å². The van der Waals surface area contributed by atoms with E-state index in [0.717, 1.165) is 15.4 Å². The summed E-state index contributed by atoms with van der Waals surface area (Å²) in [6.07, 6.45) is 8.19. The number of carbonyl (C=O) groups excluding carboxylic acids is 1. The second-order valence-corrected chi connectivity index (χ2v) is 7.32. The minimum absolute atomic E-state index is 0.242. The number of carbonyl (C=O) groups is 1. The number of hydrogen-bond acceptors (Lipinski definition) is 6. The van der Waals surface area contributed by atoms with Crippen molar-refractivity contribution < 1.29 is 4.79 Å². The Labute approximate surface area is 164 Å². The van der Waals surface area contributed by atoms with Gasteiger partial charge in [-0.05, 0) is 25.1 Å². The lowest BCUT2D eigenvalue weighted by Crippen LogP contribution is -2.20. The molecule has 0 aliphatic carbocycles. The molecule has 0 spiro atoms. The smallest absolute Gasteiger partial charge is 0.258 e. The lowest BCUT2D eigenvalue weighted by atomic mass is 10.2. The minimum atomic E-state index is -0.344. The molecular weight excluding hydrogens is 376 g/mol. The number of aryl methyl sites for hydroxylation is 2. The maximum absolute atomic E-state index is 12.7.